The summed E-state index contributed by atoms with van der Waals surface area (Å²) in [6, 6.07) is 14.2. The van der Waals surface area contributed by atoms with E-state index in [1.54, 1.807) is 24.3 Å². The van der Waals surface area contributed by atoms with E-state index in [9.17, 15) is 9.59 Å². The highest BCUT2D eigenvalue weighted by Gasteiger charge is 2.06. The Bertz CT molecular complexity index is 702. The number of carbonyl (C=O) groups excluding carboxylic acids is 2. The largest absolute Gasteiger partial charge is 0.465 e. The van der Waals surface area contributed by atoms with Crippen molar-refractivity contribution in [3.05, 3.63) is 64.7 Å². The number of benzene rings is 2. The minimum absolute atomic E-state index is 0.146. The standard InChI is InChI=1S/C18H19ClN2O3/c1-24-18(23)14-5-7-16(8-6-14)21-17(22)12-20-10-9-13-3-2-4-15(19)11-13/h2-8,11,20H,9-10,12H2,1H3,(H,21,22). The second-order valence-corrected chi connectivity index (χ2v) is 5.61. The lowest BCUT2D eigenvalue weighted by Crippen LogP contribution is -2.29. The molecule has 0 radical (unpaired) electrons. The summed E-state index contributed by atoms with van der Waals surface area (Å²) in [4.78, 5) is 23.2. The third kappa shape index (κ3) is 5.68. The Morgan fingerprint density at radius 2 is 1.88 bits per heavy atom. The number of ether oxygens (including phenoxy) is 1. The molecule has 0 spiro atoms. The second-order valence-electron chi connectivity index (χ2n) is 5.17. The number of anilines is 1. The number of esters is 1. The highest BCUT2D eigenvalue weighted by atomic mass is 35.5. The molecule has 0 unspecified atom stereocenters. The van der Waals surface area contributed by atoms with E-state index in [0.717, 1.165) is 12.0 Å². The fraction of sp³-hybridized carbons (Fsp3) is 0.222. The average molecular weight is 347 g/mol. The number of amides is 1. The molecule has 0 saturated carbocycles. The Kier molecular flexibility index (Phi) is 6.78. The zero-order valence-corrected chi connectivity index (χ0v) is 14.1. The summed E-state index contributed by atoms with van der Waals surface area (Å²) < 4.78 is 4.62. The molecule has 0 fully saturated rings. The van der Waals surface area contributed by atoms with E-state index >= 15 is 0 Å². The summed E-state index contributed by atoms with van der Waals surface area (Å²) in [5.41, 5.74) is 2.19. The Morgan fingerprint density at radius 3 is 2.54 bits per heavy atom. The third-order valence-corrected chi connectivity index (χ3v) is 3.59. The fourth-order valence-corrected chi connectivity index (χ4v) is 2.35. The van der Waals surface area contributed by atoms with E-state index < -0.39 is 5.97 Å². The van der Waals surface area contributed by atoms with Gasteiger partial charge in [0, 0.05) is 10.7 Å². The molecule has 2 aromatic carbocycles. The highest BCUT2D eigenvalue weighted by Crippen LogP contribution is 2.11. The maximum atomic E-state index is 11.9. The highest BCUT2D eigenvalue weighted by molar-refractivity contribution is 6.30. The molecule has 0 aliphatic carbocycles. The zero-order valence-electron chi connectivity index (χ0n) is 13.3. The van der Waals surface area contributed by atoms with E-state index in [1.807, 2.05) is 24.3 Å². The SMILES string of the molecule is COC(=O)c1ccc(NC(=O)CNCCc2cccc(Cl)c2)cc1. The average Bonchev–Trinajstić information content (AvgIpc) is 2.59. The summed E-state index contributed by atoms with van der Waals surface area (Å²) in [5.74, 6) is -0.553. The molecule has 24 heavy (non-hydrogen) atoms. The van der Waals surface area contributed by atoms with Gasteiger partial charge in [-0.2, -0.15) is 0 Å². The van der Waals surface area contributed by atoms with E-state index in [2.05, 4.69) is 15.4 Å². The Morgan fingerprint density at radius 1 is 1.12 bits per heavy atom. The molecule has 6 heteroatoms. The summed E-state index contributed by atoms with van der Waals surface area (Å²) >= 11 is 5.92. The van der Waals surface area contributed by atoms with E-state index in [0.29, 0.717) is 22.8 Å². The number of halogens is 1. The molecule has 0 saturated heterocycles. The number of carbonyl (C=O) groups is 2. The Balaban J connectivity index is 1.72. The van der Waals surface area contributed by atoms with Crippen molar-refractivity contribution in [1.29, 1.82) is 0 Å². The second kappa shape index (κ2) is 9.05. The molecule has 0 bridgehead atoms. The van der Waals surface area contributed by atoms with Crippen LogP contribution in [0.15, 0.2) is 48.5 Å². The van der Waals surface area contributed by atoms with Gasteiger partial charge in [0.25, 0.3) is 0 Å². The normalized spacial score (nSPS) is 10.2. The lowest BCUT2D eigenvalue weighted by Gasteiger charge is -2.08. The summed E-state index contributed by atoms with van der Waals surface area (Å²) in [6.45, 7) is 0.883. The van der Waals surface area contributed by atoms with Crippen LogP contribution in [0.1, 0.15) is 15.9 Å². The van der Waals surface area contributed by atoms with Crippen LogP contribution >= 0.6 is 11.6 Å². The van der Waals surface area contributed by atoms with Gasteiger partial charge in [-0.1, -0.05) is 23.7 Å². The van der Waals surface area contributed by atoms with Crippen molar-refractivity contribution in [2.45, 2.75) is 6.42 Å². The third-order valence-electron chi connectivity index (χ3n) is 3.35. The molecular formula is C18H19ClN2O3. The van der Waals surface area contributed by atoms with Gasteiger partial charge in [-0.3, -0.25) is 4.79 Å². The van der Waals surface area contributed by atoms with Crippen LogP contribution in [-0.4, -0.2) is 32.1 Å². The first-order valence-electron chi connectivity index (χ1n) is 7.52. The number of hydrogen-bond donors (Lipinski definition) is 2. The lowest BCUT2D eigenvalue weighted by molar-refractivity contribution is -0.115. The molecule has 1 amide bonds. The molecular weight excluding hydrogens is 328 g/mol. The minimum atomic E-state index is -0.407. The van der Waals surface area contributed by atoms with Crippen molar-refractivity contribution in [3.63, 3.8) is 0 Å². The quantitative estimate of drug-likeness (QED) is 0.597. The van der Waals surface area contributed by atoms with Gasteiger partial charge in [0.1, 0.15) is 0 Å². The monoisotopic (exact) mass is 346 g/mol. The predicted octanol–water partition coefficient (Wildman–Crippen LogP) is 2.90. The van der Waals surface area contributed by atoms with Crippen LogP contribution in [0.3, 0.4) is 0 Å². The van der Waals surface area contributed by atoms with Crippen LogP contribution in [0.4, 0.5) is 5.69 Å². The number of nitrogens with one attached hydrogen (secondary N) is 2. The van der Waals surface area contributed by atoms with Gasteiger partial charge in [-0.25, -0.2) is 4.79 Å². The molecule has 0 heterocycles. The number of rotatable bonds is 7. The molecule has 2 N–H and O–H groups in total. The van der Waals surface area contributed by atoms with Crippen molar-refractivity contribution in [3.8, 4) is 0 Å². The first kappa shape index (κ1) is 18.0. The lowest BCUT2D eigenvalue weighted by atomic mass is 10.1. The molecule has 5 nitrogen and oxygen atoms in total. The van der Waals surface area contributed by atoms with E-state index in [-0.39, 0.29) is 12.5 Å². The van der Waals surface area contributed by atoms with Gasteiger partial charge < -0.3 is 15.4 Å². The molecule has 2 aromatic rings. The zero-order chi connectivity index (χ0) is 17.4. The maximum Gasteiger partial charge on any atom is 0.337 e. The van der Waals surface area contributed by atoms with Gasteiger partial charge in [-0.05, 0) is 54.9 Å². The first-order valence-corrected chi connectivity index (χ1v) is 7.89. The number of methoxy groups -OCH3 is 1. The summed E-state index contributed by atoms with van der Waals surface area (Å²) in [7, 11) is 1.33. The van der Waals surface area contributed by atoms with E-state index in [4.69, 9.17) is 11.6 Å². The van der Waals surface area contributed by atoms with E-state index in [1.165, 1.54) is 7.11 Å². The Hall–Kier alpha value is -2.37. The van der Waals surface area contributed by atoms with Gasteiger partial charge in [0.2, 0.25) is 5.91 Å². The summed E-state index contributed by atoms with van der Waals surface area (Å²) in [6.07, 6.45) is 0.793. The van der Waals surface area contributed by atoms with Gasteiger partial charge in [-0.15, -0.1) is 0 Å². The van der Waals surface area contributed by atoms with Crippen LogP contribution in [0, 0.1) is 0 Å². The molecule has 0 aliphatic heterocycles. The van der Waals surface area contributed by atoms with Gasteiger partial charge in [0.15, 0.2) is 0 Å². The van der Waals surface area contributed by atoms with Crippen LogP contribution < -0.4 is 10.6 Å². The maximum absolute atomic E-state index is 11.9. The van der Waals surface area contributed by atoms with Crippen molar-refractivity contribution in [2.24, 2.45) is 0 Å². The summed E-state index contributed by atoms with van der Waals surface area (Å²) in [5, 5.41) is 6.55. The van der Waals surface area contributed by atoms with Crippen LogP contribution in [0.2, 0.25) is 5.02 Å². The van der Waals surface area contributed by atoms with Gasteiger partial charge in [0.05, 0.1) is 19.2 Å². The smallest absolute Gasteiger partial charge is 0.337 e. The first-order chi connectivity index (χ1) is 11.6. The van der Waals surface area contributed by atoms with Crippen LogP contribution in [0.25, 0.3) is 0 Å². The van der Waals surface area contributed by atoms with Crippen LogP contribution in [-0.2, 0) is 16.0 Å². The molecule has 126 valence electrons. The van der Waals surface area contributed by atoms with Crippen molar-refractivity contribution < 1.29 is 14.3 Å². The topological polar surface area (TPSA) is 67.4 Å². The Labute approximate surface area is 146 Å². The molecule has 0 aromatic heterocycles. The van der Waals surface area contributed by atoms with Crippen molar-refractivity contribution in [1.82, 2.24) is 5.32 Å². The van der Waals surface area contributed by atoms with Crippen LogP contribution in [0.5, 0.6) is 0 Å². The fourth-order valence-electron chi connectivity index (χ4n) is 2.14. The molecule has 0 aliphatic rings. The predicted molar refractivity (Wildman–Crippen MR) is 94.4 cm³/mol. The van der Waals surface area contributed by atoms with Crippen molar-refractivity contribution in [2.75, 3.05) is 25.5 Å². The van der Waals surface area contributed by atoms with Crippen molar-refractivity contribution >= 4 is 29.2 Å². The molecule has 2 rings (SSSR count). The molecule has 0 atom stereocenters. The minimum Gasteiger partial charge on any atom is -0.465 e. The number of hydrogen-bond acceptors (Lipinski definition) is 4. The van der Waals surface area contributed by atoms with Gasteiger partial charge >= 0.3 is 5.97 Å².